The van der Waals surface area contributed by atoms with Crippen molar-refractivity contribution < 1.29 is 18.8 Å². The Labute approximate surface area is 172 Å². The van der Waals surface area contributed by atoms with Crippen LogP contribution in [0.5, 0.6) is 11.5 Å². The molecule has 1 amide bonds. The summed E-state index contributed by atoms with van der Waals surface area (Å²) < 4.78 is 16.0. The van der Waals surface area contributed by atoms with Crippen LogP contribution in [-0.4, -0.2) is 25.3 Å². The maximum atomic E-state index is 12.9. The summed E-state index contributed by atoms with van der Waals surface area (Å²) in [6.07, 6.45) is 0. The molecule has 4 rings (SSSR count). The topological polar surface area (TPSA) is 73.6 Å². The first-order valence-electron chi connectivity index (χ1n) is 8.78. The molecule has 0 bridgehead atoms. The number of benzene rings is 3. The van der Waals surface area contributed by atoms with Gasteiger partial charge >= 0.3 is 0 Å². The highest BCUT2D eigenvalue weighted by Crippen LogP contribution is 2.32. The van der Waals surface area contributed by atoms with Gasteiger partial charge in [-0.3, -0.25) is 4.79 Å². The van der Waals surface area contributed by atoms with Crippen molar-refractivity contribution in [2.45, 2.75) is 0 Å². The van der Waals surface area contributed by atoms with E-state index in [2.05, 4.69) is 10.5 Å². The van der Waals surface area contributed by atoms with Gasteiger partial charge in [0.2, 0.25) is 0 Å². The molecule has 1 N–H and O–H groups in total. The van der Waals surface area contributed by atoms with Gasteiger partial charge in [0.15, 0.2) is 5.76 Å². The standard InChI is InChI=1S/C22H17ClN2O4/c1-27-16-8-10-20(28-2)19(12-16)24-22(26)14-5-9-18-17(11-14)21(29-25-18)13-3-6-15(23)7-4-13/h3-12H,1-2H3,(H,24,26). The molecule has 0 radical (unpaired) electrons. The van der Waals surface area contributed by atoms with Crippen molar-refractivity contribution in [1.82, 2.24) is 5.16 Å². The van der Waals surface area contributed by atoms with E-state index < -0.39 is 0 Å². The van der Waals surface area contributed by atoms with Crippen molar-refractivity contribution in [1.29, 1.82) is 0 Å². The van der Waals surface area contributed by atoms with E-state index in [1.807, 2.05) is 12.1 Å². The van der Waals surface area contributed by atoms with Crippen LogP contribution in [-0.2, 0) is 0 Å². The molecule has 0 aliphatic heterocycles. The third-order valence-electron chi connectivity index (χ3n) is 4.50. The molecule has 29 heavy (non-hydrogen) atoms. The van der Waals surface area contributed by atoms with Gasteiger partial charge in [0.05, 0.1) is 25.3 Å². The first-order chi connectivity index (χ1) is 14.1. The summed E-state index contributed by atoms with van der Waals surface area (Å²) >= 11 is 5.96. The predicted molar refractivity (Wildman–Crippen MR) is 112 cm³/mol. The first kappa shape index (κ1) is 18.8. The van der Waals surface area contributed by atoms with Crippen LogP contribution in [0.25, 0.3) is 22.2 Å². The van der Waals surface area contributed by atoms with Crippen LogP contribution in [0.4, 0.5) is 5.69 Å². The minimum Gasteiger partial charge on any atom is -0.497 e. The number of carbonyl (C=O) groups is 1. The number of fused-ring (bicyclic) bond motifs is 1. The van der Waals surface area contributed by atoms with E-state index in [0.29, 0.717) is 39.0 Å². The van der Waals surface area contributed by atoms with Gasteiger partial charge in [-0.05, 0) is 54.6 Å². The minimum absolute atomic E-state index is 0.290. The largest absolute Gasteiger partial charge is 0.497 e. The third-order valence-corrected chi connectivity index (χ3v) is 4.75. The van der Waals surface area contributed by atoms with E-state index in [1.54, 1.807) is 62.8 Å². The molecule has 0 fully saturated rings. The second-order valence-corrected chi connectivity index (χ2v) is 6.71. The van der Waals surface area contributed by atoms with Gasteiger partial charge in [-0.1, -0.05) is 16.8 Å². The van der Waals surface area contributed by atoms with Crippen LogP contribution in [0.2, 0.25) is 5.02 Å². The van der Waals surface area contributed by atoms with Crippen LogP contribution in [0.15, 0.2) is 65.2 Å². The van der Waals surface area contributed by atoms with Gasteiger partial charge in [-0.2, -0.15) is 0 Å². The third kappa shape index (κ3) is 3.75. The average molecular weight is 409 g/mol. The fourth-order valence-electron chi connectivity index (χ4n) is 3.00. The Hall–Kier alpha value is -3.51. The molecule has 0 saturated carbocycles. The highest BCUT2D eigenvalue weighted by atomic mass is 35.5. The summed E-state index contributed by atoms with van der Waals surface area (Å²) in [5.74, 6) is 1.43. The monoisotopic (exact) mass is 408 g/mol. The number of rotatable bonds is 5. The molecule has 0 unspecified atom stereocenters. The number of ether oxygens (including phenoxy) is 2. The van der Waals surface area contributed by atoms with Gasteiger partial charge in [-0.15, -0.1) is 0 Å². The van der Waals surface area contributed by atoms with Gasteiger partial charge in [0.25, 0.3) is 5.91 Å². The number of nitrogens with zero attached hydrogens (tertiary/aromatic N) is 1. The van der Waals surface area contributed by atoms with E-state index in [1.165, 1.54) is 0 Å². The van der Waals surface area contributed by atoms with E-state index >= 15 is 0 Å². The molecule has 7 heteroatoms. The van der Waals surface area contributed by atoms with E-state index in [0.717, 1.165) is 10.9 Å². The Balaban J connectivity index is 1.68. The molecule has 0 saturated heterocycles. The summed E-state index contributed by atoms with van der Waals surface area (Å²) in [5.41, 5.74) is 2.45. The minimum atomic E-state index is -0.290. The maximum Gasteiger partial charge on any atom is 0.255 e. The molecule has 6 nitrogen and oxygen atoms in total. The number of amides is 1. The van der Waals surface area contributed by atoms with Crippen molar-refractivity contribution in [3.05, 3.63) is 71.2 Å². The number of anilines is 1. The molecule has 3 aromatic carbocycles. The molecule has 1 aromatic heterocycles. The van der Waals surface area contributed by atoms with Crippen molar-refractivity contribution in [2.24, 2.45) is 0 Å². The Bertz CT molecular complexity index is 1190. The molecular weight excluding hydrogens is 392 g/mol. The Morgan fingerprint density at radius 3 is 2.52 bits per heavy atom. The van der Waals surface area contributed by atoms with Crippen LogP contribution >= 0.6 is 11.6 Å². The zero-order valence-electron chi connectivity index (χ0n) is 15.7. The maximum absolute atomic E-state index is 12.9. The number of nitrogens with one attached hydrogen (secondary N) is 1. The number of hydrogen-bond donors (Lipinski definition) is 1. The fraction of sp³-hybridized carbons (Fsp3) is 0.0909. The summed E-state index contributed by atoms with van der Waals surface area (Å²) in [6.45, 7) is 0. The molecule has 1 heterocycles. The Morgan fingerprint density at radius 2 is 1.79 bits per heavy atom. The number of aromatic nitrogens is 1. The average Bonchev–Trinajstić information content (AvgIpc) is 3.17. The van der Waals surface area contributed by atoms with Crippen molar-refractivity contribution in [2.75, 3.05) is 19.5 Å². The normalized spacial score (nSPS) is 10.7. The molecular formula is C22H17ClN2O4. The van der Waals surface area contributed by atoms with Crippen LogP contribution in [0, 0.1) is 0 Å². The molecule has 0 atom stereocenters. The van der Waals surface area contributed by atoms with Crippen molar-refractivity contribution in [3.63, 3.8) is 0 Å². The number of hydrogen-bond acceptors (Lipinski definition) is 5. The molecule has 146 valence electrons. The molecule has 0 spiro atoms. The lowest BCUT2D eigenvalue weighted by Crippen LogP contribution is -2.12. The lowest BCUT2D eigenvalue weighted by atomic mass is 10.1. The molecule has 4 aromatic rings. The zero-order valence-corrected chi connectivity index (χ0v) is 16.5. The Kier molecular flexibility index (Phi) is 5.10. The van der Waals surface area contributed by atoms with Crippen molar-refractivity contribution >= 4 is 34.1 Å². The van der Waals surface area contributed by atoms with E-state index in [9.17, 15) is 4.79 Å². The van der Waals surface area contributed by atoms with Crippen LogP contribution in [0.1, 0.15) is 10.4 Å². The zero-order chi connectivity index (χ0) is 20.4. The molecule has 0 aliphatic carbocycles. The van der Waals surface area contributed by atoms with Crippen LogP contribution < -0.4 is 14.8 Å². The van der Waals surface area contributed by atoms with Gasteiger partial charge < -0.3 is 19.3 Å². The summed E-state index contributed by atoms with van der Waals surface area (Å²) in [6, 6.07) is 17.6. The summed E-state index contributed by atoms with van der Waals surface area (Å²) in [4.78, 5) is 12.9. The fourth-order valence-corrected chi connectivity index (χ4v) is 3.12. The first-order valence-corrected chi connectivity index (χ1v) is 9.15. The summed E-state index contributed by atoms with van der Waals surface area (Å²) in [7, 11) is 3.10. The van der Waals surface area contributed by atoms with Crippen molar-refractivity contribution in [3.8, 4) is 22.8 Å². The van der Waals surface area contributed by atoms with E-state index in [4.69, 9.17) is 25.6 Å². The summed E-state index contributed by atoms with van der Waals surface area (Å²) in [5, 5.41) is 8.30. The van der Waals surface area contributed by atoms with E-state index in [-0.39, 0.29) is 5.91 Å². The second-order valence-electron chi connectivity index (χ2n) is 6.27. The lowest BCUT2D eigenvalue weighted by Gasteiger charge is -2.12. The highest BCUT2D eigenvalue weighted by molar-refractivity contribution is 6.30. The number of halogens is 1. The van der Waals surface area contributed by atoms with Gasteiger partial charge in [-0.25, -0.2) is 0 Å². The lowest BCUT2D eigenvalue weighted by molar-refractivity contribution is 0.102. The predicted octanol–water partition coefficient (Wildman–Crippen LogP) is 5.42. The highest BCUT2D eigenvalue weighted by Gasteiger charge is 2.16. The second kappa shape index (κ2) is 7.85. The van der Waals surface area contributed by atoms with Gasteiger partial charge in [0, 0.05) is 22.2 Å². The smallest absolute Gasteiger partial charge is 0.255 e. The van der Waals surface area contributed by atoms with Crippen LogP contribution in [0.3, 0.4) is 0 Å². The number of methoxy groups -OCH3 is 2. The SMILES string of the molecule is COc1ccc(OC)c(NC(=O)c2ccc3noc(-c4ccc(Cl)cc4)c3c2)c1. The quantitative estimate of drug-likeness (QED) is 0.477. The molecule has 0 aliphatic rings. The number of carbonyl (C=O) groups excluding carboxylic acids is 1. The van der Waals surface area contributed by atoms with Gasteiger partial charge in [0.1, 0.15) is 17.0 Å². The Morgan fingerprint density at radius 1 is 1.00 bits per heavy atom.